The topological polar surface area (TPSA) is 213 Å². The van der Waals surface area contributed by atoms with Gasteiger partial charge >= 0.3 is 11.9 Å². The molecule has 0 aliphatic carbocycles. The highest BCUT2D eigenvalue weighted by molar-refractivity contribution is 6.32. The summed E-state index contributed by atoms with van der Waals surface area (Å²) < 4.78 is 24.5. The van der Waals surface area contributed by atoms with E-state index in [9.17, 15) is 25.1 Å². The van der Waals surface area contributed by atoms with Gasteiger partial charge in [-0.25, -0.2) is 0 Å². The molecule has 15 heteroatoms. The van der Waals surface area contributed by atoms with Crippen molar-refractivity contribution in [3.05, 3.63) is 99.8 Å². The number of nitrogens with zero attached hydrogens (tertiary/aromatic N) is 2. The molecule has 0 saturated heterocycles. The van der Waals surface area contributed by atoms with Gasteiger partial charge in [0.15, 0.2) is 11.5 Å². The van der Waals surface area contributed by atoms with Crippen molar-refractivity contribution >= 4 is 23.5 Å². The number of pyridine rings is 1. The Bertz CT molecular complexity index is 1990. The number of hydrogen-bond acceptors (Lipinski definition) is 12. The van der Waals surface area contributed by atoms with Crippen LogP contribution in [0.25, 0.3) is 11.1 Å². The monoisotopic (exact) mass is 760 g/mol. The summed E-state index contributed by atoms with van der Waals surface area (Å²) in [5.74, 6) is -0.201. The van der Waals surface area contributed by atoms with Crippen molar-refractivity contribution in [1.29, 1.82) is 5.26 Å². The normalized spacial score (nSPS) is 14.5. The summed E-state index contributed by atoms with van der Waals surface area (Å²) in [4.78, 5) is 25.9. The summed E-state index contributed by atoms with van der Waals surface area (Å²) in [5, 5.41) is 53.3. The zero-order valence-corrected chi connectivity index (χ0v) is 30.2. The molecule has 2 heterocycles. The molecule has 54 heavy (non-hydrogen) atoms. The first-order valence-corrected chi connectivity index (χ1v) is 17.5. The highest BCUT2D eigenvalue weighted by atomic mass is 35.5. The predicted octanol–water partition coefficient (Wildman–Crippen LogP) is 4.23. The summed E-state index contributed by atoms with van der Waals surface area (Å²) in [6.07, 6.45) is -0.113. The number of rotatable bonds is 19. The van der Waals surface area contributed by atoms with E-state index >= 15 is 0 Å². The Morgan fingerprint density at radius 2 is 1.69 bits per heavy atom. The molecule has 0 fully saturated rings. The quantitative estimate of drug-likeness (QED) is 0.0790. The number of nitriles is 1. The van der Waals surface area contributed by atoms with E-state index in [0.29, 0.717) is 57.9 Å². The second-order valence-corrected chi connectivity index (χ2v) is 13.2. The summed E-state index contributed by atoms with van der Waals surface area (Å²) in [5.41, 5.74) is 5.44. The van der Waals surface area contributed by atoms with Crippen LogP contribution in [0.2, 0.25) is 5.02 Å². The zero-order chi connectivity index (χ0) is 38.6. The molecule has 0 amide bonds. The van der Waals surface area contributed by atoms with Crippen LogP contribution in [-0.2, 0) is 29.3 Å². The van der Waals surface area contributed by atoms with Crippen molar-refractivity contribution in [1.82, 2.24) is 15.6 Å². The molecule has 0 radical (unpaired) electrons. The lowest BCUT2D eigenvalue weighted by molar-refractivity contribution is -0.140. The van der Waals surface area contributed by atoms with Crippen molar-refractivity contribution in [3.8, 4) is 40.2 Å². The van der Waals surface area contributed by atoms with Crippen LogP contribution in [-0.4, -0.2) is 81.9 Å². The Morgan fingerprint density at radius 1 is 0.944 bits per heavy atom. The van der Waals surface area contributed by atoms with Crippen LogP contribution < -0.4 is 29.6 Å². The van der Waals surface area contributed by atoms with Crippen LogP contribution in [0.5, 0.6) is 23.0 Å². The van der Waals surface area contributed by atoms with Gasteiger partial charge in [-0.05, 0) is 53.4 Å². The molecule has 14 nitrogen and oxygen atoms in total. The number of aliphatic carboxylic acids is 2. The van der Waals surface area contributed by atoms with Crippen molar-refractivity contribution in [3.63, 3.8) is 0 Å². The van der Waals surface area contributed by atoms with Gasteiger partial charge < -0.3 is 50.0 Å². The Morgan fingerprint density at radius 3 is 2.43 bits per heavy atom. The average Bonchev–Trinajstić information content (AvgIpc) is 3.13. The van der Waals surface area contributed by atoms with E-state index in [4.69, 9.17) is 40.8 Å². The van der Waals surface area contributed by atoms with Gasteiger partial charge in [0.2, 0.25) is 0 Å². The molecular formula is C39H41ClN4O10. The van der Waals surface area contributed by atoms with Crippen LogP contribution in [0.15, 0.2) is 67.0 Å². The van der Waals surface area contributed by atoms with Gasteiger partial charge in [-0.3, -0.25) is 14.6 Å². The van der Waals surface area contributed by atoms with E-state index in [2.05, 4.69) is 21.7 Å². The fraction of sp³-hybridized carbons (Fsp3) is 0.333. The molecule has 5 rings (SSSR count). The molecule has 0 bridgehead atoms. The highest BCUT2D eigenvalue weighted by Gasteiger charge is 2.23. The smallest absolute Gasteiger partial charge is 0.306 e. The van der Waals surface area contributed by atoms with Gasteiger partial charge in [0.1, 0.15) is 43.5 Å². The molecular weight excluding hydrogens is 720 g/mol. The number of aromatic nitrogens is 1. The molecule has 1 aliphatic rings. The summed E-state index contributed by atoms with van der Waals surface area (Å²) >= 11 is 6.70. The first-order valence-electron chi connectivity index (χ1n) is 17.1. The van der Waals surface area contributed by atoms with E-state index in [-0.39, 0.29) is 45.4 Å². The van der Waals surface area contributed by atoms with Gasteiger partial charge in [-0.2, -0.15) is 5.26 Å². The van der Waals surface area contributed by atoms with Crippen LogP contribution in [0.4, 0.5) is 0 Å². The molecule has 3 aromatic carbocycles. The number of hydrogen-bond donors (Lipinski definition) is 6. The van der Waals surface area contributed by atoms with Crippen molar-refractivity contribution < 1.29 is 49.0 Å². The first kappa shape index (κ1) is 39.8. The largest absolute Gasteiger partial charge is 0.488 e. The van der Waals surface area contributed by atoms with Gasteiger partial charge in [0, 0.05) is 55.8 Å². The van der Waals surface area contributed by atoms with Gasteiger partial charge in [0.25, 0.3) is 0 Å². The molecule has 1 aromatic heterocycles. The molecule has 3 atom stereocenters. The van der Waals surface area contributed by atoms with Gasteiger partial charge in [0.05, 0.1) is 35.6 Å². The van der Waals surface area contributed by atoms with E-state index < -0.39 is 30.6 Å². The van der Waals surface area contributed by atoms with E-state index in [1.807, 2.05) is 43.3 Å². The number of nitrogens with one attached hydrogen (secondary N) is 2. The Balaban J connectivity index is 1.28. The van der Waals surface area contributed by atoms with E-state index in [0.717, 1.165) is 22.3 Å². The maximum Gasteiger partial charge on any atom is 0.306 e. The zero-order valence-electron chi connectivity index (χ0n) is 29.5. The maximum absolute atomic E-state index is 11.0. The minimum absolute atomic E-state index is 0.0354. The van der Waals surface area contributed by atoms with E-state index in [1.165, 1.54) is 6.20 Å². The third-order valence-corrected chi connectivity index (χ3v) is 8.80. The molecule has 4 aromatic rings. The molecule has 6 N–H and O–H groups in total. The van der Waals surface area contributed by atoms with Crippen LogP contribution in [0, 0.1) is 18.3 Å². The third-order valence-electron chi connectivity index (χ3n) is 8.50. The lowest BCUT2D eigenvalue weighted by atomic mass is 9.96. The molecule has 1 aliphatic heterocycles. The number of ether oxygens (including phenoxy) is 4. The number of carboxylic acid groups (broad SMARTS) is 2. The van der Waals surface area contributed by atoms with Crippen LogP contribution in [0.1, 0.15) is 40.7 Å². The number of carboxylic acids is 2. The number of aliphatic hydroxyl groups is 2. The molecule has 284 valence electrons. The lowest BCUT2D eigenvalue weighted by Crippen LogP contribution is -2.41. The number of benzene rings is 3. The third kappa shape index (κ3) is 11.3. The lowest BCUT2D eigenvalue weighted by Gasteiger charge is -2.27. The minimum Gasteiger partial charge on any atom is -0.488 e. The fourth-order valence-electron chi connectivity index (χ4n) is 5.77. The molecule has 0 spiro atoms. The second kappa shape index (κ2) is 19.1. The molecule has 1 unspecified atom stereocenters. The standard InChI is InChI=1S/C39H41ClN4O10/c1-23-27(3-2-4-32(23)26-5-6-34-37(9-26)54-31(22-53-34)19-44-18-30(46)11-39(49)50)21-52-36-12-35(51-20-25-7-24(13-41)14-42-15-25)28(8-33(36)40)16-43-17-29(45)10-38(47)48/h2-9,12,14-15,29-31,43-46H,10-11,16-22H2,1H3,(H,47,48)(H,49,50)/t29-,30-,31?/m0/s1. The summed E-state index contributed by atoms with van der Waals surface area (Å²) in [6, 6.07) is 18.7. The van der Waals surface area contributed by atoms with Crippen molar-refractivity contribution in [2.75, 3.05) is 26.2 Å². The second-order valence-electron chi connectivity index (χ2n) is 12.8. The Kier molecular flexibility index (Phi) is 14.0. The number of carbonyl (C=O) groups is 2. The van der Waals surface area contributed by atoms with E-state index in [1.54, 1.807) is 24.4 Å². The summed E-state index contributed by atoms with van der Waals surface area (Å²) in [6.45, 7) is 3.30. The number of halogens is 1. The Labute approximate surface area is 316 Å². The van der Waals surface area contributed by atoms with Gasteiger partial charge in [-0.1, -0.05) is 35.9 Å². The fourth-order valence-corrected chi connectivity index (χ4v) is 6.01. The molecule has 0 saturated carbocycles. The average molecular weight is 761 g/mol. The van der Waals surface area contributed by atoms with Crippen LogP contribution >= 0.6 is 11.6 Å². The predicted molar refractivity (Wildman–Crippen MR) is 197 cm³/mol. The SMILES string of the molecule is Cc1c(COc2cc(OCc3cncc(C#N)c3)c(CNC[C@@H](O)CC(=O)O)cc2Cl)cccc1-c1ccc2c(c1)OC(CNC[C@@H](O)CC(=O)O)CO2. The van der Waals surface area contributed by atoms with Gasteiger partial charge in [-0.15, -0.1) is 0 Å². The Hall–Kier alpha value is -5.43. The number of aliphatic hydroxyl groups excluding tert-OH is 2. The maximum atomic E-state index is 11.0. The first-order chi connectivity index (χ1) is 26.0. The van der Waals surface area contributed by atoms with Crippen molar-refractivity contribution in [2.45, 2.75) is 57.8 Å². The van der Waals surface area contributed by atoms with Crippen LogP contribution in [0.3, 0.4) is 0 Å². The highest BCUT2D eigenvalue weighted by Crippen LogP contribution is 2.38. The minimum atomic E-state index is -1.11. The van der Waals surface area contributed by atoms with Crippen molar-refractivity contribution in [2.24, 2.45) is 0 Å². The summed E-state index contributed by atoms with van der Waals surface area (Å²) in [7, 11) is 0. The number of fused-ring (bicyclic) bond motifs is 1.